The number of hydrogen-bond donors (Lipinski definition) is 0. The summed E-state index contributed by atoms with van der Waals surface area (Å²) in [6, 6.07) is 44.3. The summed E-state index contributed by atoms with van der Waals surface area (Å²) in [7, 11) is 0. The molecule has 0 atom stereocenters. The third-order valence-electron chi connectivity index (χ3n) is 7.23. The van der Waals surface area contributed by atoms with Crippen LogP contribution in [0.1, 0.15) is 9.75 Å². The van der Waals surface area contributed by atoms with Gasteiger partial charge in [0.1, 0.15) is 0 Å². The molecule has 42 heavy (non-hydrogen) atoms. The van der Waals surface area contributed by atoms with Crippen LogP contribution in [0, 0.1) is 0 Å². The summed E-state index contributed by atoms with van der Waals surface area (Å²) in [5.74, 6) is 0. The van der Waals surface area contributed by atoms with Crippen LogP contribution in [0.2, 0.25) is 0 Å². The van der Waals surface area contributed by atoms with E-state index in [9.17, 15) is 0 Å². The second-order valence-electron chi connectivity index (χ2n) is 9.87. The summed E-state index contributed by atoms with van der Waals surface area (Å²) in [6.45, 7) is 7.75. The second-order valence-corrected chi connectivity index (χ2v) is 14.3. The second kappa shape index (κ2) is 11.7. The van der Waals surface area contributed by atoms with Crippen LogP contribution in [0.3, 0.4) is 0 Å². The van der Waals surface area contributed by atoms with Crippen molar-refractivity contribution in [1.82, 2.24) is 0 Å². The molecule has 0 N–H and O–H groups in total. The number of rotatable bonds is 8. The predicted molar refractivity (Wildman–Crippen MR) is 191 cm³/mol. The lowest BCUT2D eigenvalue weighted by Crippen LogP contribution is -1.75. The van der Waals surface area contributed by atoms with Crippen LogP contribution in [-0.2, 0) is 0 Å². The third-order valence-corrected chi connectivity index (χ3v) is 11.9. The van der Waals surface area contributed by atoms with Crippen LogP contribution in [0.5, 0.6) is 0 Å². The Morgan fingerprint density at radius 1 is 0.286 bits per heavy atom. The maximum Gasteiger partial charge on any atom is 0.0349 e. The van der Waals surface area contributed by atoms with E-state index >= 15 is 0 Å². The van der Waals surface area contributed by atoms with Gasteiger partial charge in [0, 0.05) is 39.0 Å². The minimum absolute atomic E-state index is 1.20. The Morgan fingerprint density at radius 3 is 0.714 bits per heavy atom. The van der Waals surface area contributed by atoms with Gasteiger partial charge in [-0.15, -0.1) is 45.3 Å². The first-order valence-corrected chi connectivity index (χ1v) is 16.9. The molecule has 3 aromatic carbocycles. The zero-order valence-electron chi connectivity index (χ0n) is 22.7. The molecule has 7 aromatic rings. The van der Waals surface area contributed by atoms with Crippen molar-refractivity contribution in [2.75, 3.05) is 0 Å². The van der Waals surface area contributed by atoms with Crippen molar-refractivity contribution in [3.63, 3.8) is 0 Å². The van der Waals surface area contributed by atoms with Crippen molar-refractivity contribution < 1.29 is 0 Å². The normalized spacial score (nSPS) is 11.0. The maximum atomic E-state index is 3.87. The Hall–Kier alpha value is -4.06. The van der Waals surface area contributed by atoms with Crippen molar-refractivity contribution in [3.8, 4) is 62.6 Å². The van der Waals surface area contributed by atoms with E-state index < -0.39 is 0 Å². The first kappa shape index (κ1) is 26.8. The van der Waals surface area contributed by atoms with Gasteiger partial charge in [0.2, 0.25) is 0 Å². The van der Waals surface area contributed by atoms with Crippen LogP contribution in [0.15, 0.2) is 134 Å². The molecule has 0 aliphatic heterocycles. The fraction of sp³-hybridized carbons (Fsp3) is 0. The highest BCUT2D eigenvalue weighted by Crippen LogP contribution is 2.39. The molecule has 0 spiro atoms. The third kappa shape index (κ3) is 5.42. The summed E-state index contributed by atoms with van der Waals surface area (Å²) in [4.78, 5) is 10.1. The molecular weight excluding hydrogens is 585 g/mol. The lowest BCUT2D eigenvalue weighted by atomic mass is 10.1. The van der Waals surface area contributed by atoms with Crippen molar-refractivity contribution in [1.29, 1.82) is 0 Å². The Bertz CT molecular complexity index is 1840. The Kier molecular flexibility index (Phi) is 7.45. The van der Waals surface area contributed by atoms with Crippen molar-refractivity contribution >= 4 is 57.5 Å². The Labute approximate surface area is 262 Å². The van der Waals surface area contributed by atoms with Gasteiger partial charge in [-0.1, -0.05) is 98.1 Å². The lowest BCUT2D eigenvalue weighted by Gasteiger charge is -2.03. The van der Waals surface area contributed by atoms with E-state index in [2.05, 4.69) is 134 Å². The molecule has 0 radical (unpaired) electrons. The molecule has 0 unspecified atom stereocenters. The smallest absolute Gasteiger partial charge is 0.0349 e. The number of hydrogen-bond acceptors (Lipinski definition) is 4. The predicted octanol–water partition coefficient (Wildman–Crippen LogP) is 13.2. The maximum absolute atomic E-state index is 3.87. The SMILES string of the molecule is C=Cc1ccc(-c2ccc(-c3ccc(-c4ccc(-c5ccc(-c6ccc(-c7ccc(C=C)s7)cc6)s5)cc4)s3)cc2)s1. The molecule has 0 saturated heterocycles. The van der Waals surface area contributed by atoms with Gasteiger partial charge in [-0.3, -0.25) is 0 Å². The van der Waals surface area contributed by atoms with Crippen molar-refractivity contribution in [2.24, 2.45) is 0 Å². The fourth-order valence-corrected chi connectivity index (χ4v) is 8.69. The molecule has 0 aliphatic rings. The number of benzene rings is 3. The highest BCUT2D eigenvalue weighted by atomic mass is 32.1. The molecule has 0 fully saturated rings. The van der Waals surface area contributed by atoms with Gasteiger partial charge >= 0.3 is 0 Å². The molecule has 202 valence electrons. The number of thiophene rings is 4. The van der Waals surface area contributed by atoms with Gasteiger partial charge in [-0.25, -0.2) is 0 Å². The Balaban J connectivity index is 1.05. The average Bonchev–Trinajstić information content (AvgIpc) is 3.87. The minimum atomic E-state index is 1.20. The average molecular weight is 611 g/mol. The van der Waals surface area contributed by atoms with E-state index in [0.29, 0.717) is 0 Å². The molecule has 7 rings (SSSR count). The molecular formula is C38H26S4. The van der Waals surface area contributed by atoms with Crippen LogP contribution in [0.4, 0.5) is 0 Å². The Morgan fingerprint density at radius 2 is 0.500 bits per heavy atom. The summed E-state index contributed by atoms with van der Waals surface area (Å²) >= 11 is 7.23. The summed E-state index contributed by atoms with van der Waals surface area (Å²) < 4.78 is 0. The first-order valence-electron chi connectivity index (χ1n) is 13.6. The molecule has 0 aliphatic carbocycles. The van der Waals surface area contributed by atoms with Crippen LogP contribution in [0.25, 0.3) is 74.8 Å². The largest absolute Gasteiger partial charge is 0.136 e. The molecule has 0 bridgehead atoms. The molecule has 4 aromatic heterocycles. The first-order chi connectivity index (χ1) is 20.7. The van der Waals surface area contributed by atoms with Gasteiger partial charge in [-0.2, -0.15) is 0 Å². The topological polar surface area (TPSA) is 0 Å². The molecule has 4 heterocycles. The van der Waals surface area contributed by atoms with Gasteiger partial charge < -0.3 is 0 Å². The van der Waals surface area contributed by atoms with E-state index in [1.807, 2.05) is 34.8 Å². The standard InChI is InChI=1S/C38H26S4/c1-3-31-17-19-33(39-31)25-5-9-27(10-6-25)35-21-23-37(41-35)29-13-15-30(16-14-29)38-24-22-36(42-38)28-11-7-26(8-12-28)34-20-18-32(4-2)40-34/h3-24H,1-2H2. The summed E-state index contributed by atoms with van der Waals surface area (Å²) in [5.41, 5.74) is 7.51. The monoisotopic (exact) mass is 610 g/mol. The fourth-order valence-electron chi connectivity index (χ4n) is 4.93. The van der Waals surface area contributed by atoms with Gasteiger partial charge in [0.25, 0.3) is 0 Å². The zero-order valence-corrected chi connectivity index (χ0v) is 26.0. The summed E-state index contributed by atoms with van der Waals surface area (Å²) in [6.07, 6.45) is 3.82. The minimum Gasteiger partial charge on any atom is -0.136 e. The molecule has 0 saturated carbocycles. The molecule has 4 heteroatoms. The van der Waals surface area contributed by atoms with Gasteiger partial charge in [-0.05, 0) is 81.9 Å². The molecule has 0 amide bonds. The van der Waals surface area contributed by atoms with Crippen LogP contribution in [-0.4, -0.2) is 0 Å². The summed E-state index contributed by atoms with van der Waals surface area (Å²) in [5, 5.41) is 0. The van der Waals surface area contributed by atoms with E-state index in [-0.39, 0.29) is 0 Å². The highest BCUT2D eigenvalue weighted by Gasteiger charge is 2.10. The quantitative estimate of drug-likeness (QED) is 0.161. The molecule has 0 nitrogen and oxygen atoms in total. The highest BCUT2D eigenvalue weighted by molar-refractivity contribution is 7.19. The van der Waals surface area contributed by atoms with E-state index in [1.54, 1.807) is 22.7 Å². The zero-order chi connectivity index (χ0) is 28.5. The van der Waals surface area contributed by atoms with Crippen LogP contribution < -0.4 is 0 Å². The van der Waals surface area contributed by atoms with Crippen molar-refractivity contribution in [2.45, 2.75) is 0 Å². The van der Waals surface area contributed by atoms with Gasteiger partial charge in [0.05, 0.1) is 0 Å². The van der Waals surface area contributed by atoms with Crippen molar-refractivity contribution in [3.05, 3.63) is 144 Å². The van der Waals surface area contributed by atoms with Crippen LogP contribution >= 0.6 is 45.3 Å². The van der Waals surface area contributed by atoms with Gasteiger partial charge in [0.15, 0.2) is 0 Å². The van der Waals surface area contributed by atoms with E-state index in [4.69, 9.17) is 0 Å². The van der Waals surface area contributed by atoms with E-state index in [0.717, 1.165) is 0 Å². The van der Waals surface area contributed by atoms with E-state index in [1.165, 1.54) is 72.4 Å². The lowest BCUT2D eigenvalue weighted by molar-refractivity contribution is 1.68.